The van der Waals surface area contributed by atoms with E-state index in [1.165, 1.54) is 6.20 Å². The lowest BCUT2D eigenvalue weighted by Gasteiger charge is -2.34. The first kappa shape index (κ1) is 26.5. The van der Waals surface area contributed by atoms with Crippen LogP contribution in [0.25, 0.3) is 27.8 Å². The Morgan fingerprint density at radius 3 is 2.30 bits per heavy atom. The van der Waals surface area contributed by atoms with E-state index in [4.69, 9.17) is 34.8 Å². The van der Waals surface area contributed by atoms with E-state index >= 15 is 0 Å². The maximum absolute atomic E-state index is 13.6. The summed E-state index contributed by atoms with van der Waals surface area (Å²) in [5.41, 5.74) is 2.88. The smallest absolute Gasteiger partial charge is 0.282 e. The third-order valence-electron chi connectivity index (χ3n) is 6.79. The average molecular weight is 594 g/mol. The molecule has 5 aromatic rings. The highest BCUT2D eigenvalue weighted by Gasteiger charge is 2.21. The summed E-state index contributed by atoms with van der Waals surface area (Å²) in [6.45, 7) is 4.04. The highest BCUT2D eigenvalue weighted by molar-refractivity contribution is 6.37. The predicted molar refractivity (Wildman–Crippen MR) is 161 cm³/mol. The Kier molecular flexibility index (Phi) is 7.29. The predicted octanol–water partition coefficient (Wildman–Crippen LogP) is 5.69. The van der Waals surface area contributed by atoms with Crippen LogP contribution >= 0.6 is 34.8 Å². The van der Waals surface area contributed by atoms with E-state index in [1.54, 1.807) is 36.5 Å². The van der Waals surface area contributed by atoms with E-state index in [1.807, 2.05) is 12.1 Å². The Balaban J connectivity index is 1.42. The van der Waals surface area contributed by atoms with Crippen LogP contribution in [-0.2, 0) is 0 Å². The maximum Gasteiger partial charge on any atom is 0.282 e. The van der Waals surface area contributed by atoms with Crippen LogP contribution in [0.3, 0.4) is 0 Å². The van der Waals surface area contributed by atoms with Crippen LogP contribution in [0.5, 0.6) is 0 Å². The number of halogens is 3. The molecule has 4 heterocycles. The molecule has 0 amide bonds. The Morgan fingerprint density at radius 2 is 1.60 bits per heavy atom. The molecule has 2 aromatic carbocycles. The number of likely N-dealkylation sites (N-methyl/N-ethyl adjacent to an activating group) is 1. The van der Waals surface area contributed by atoms with E-state index < -0.39 is 5.56 Å². The standard InChI is InChI=1S/C28H23Cl3N8O/c1-37-12-14-38(15-13-37)18-9-7-17(8-10-18)34-28-33-16-20-23(35-28)24(19-4-3-11-32-26(19)31)36-39(27(20)40)25-21(29)5-2-6-22(25)30/h2-11,16H,12-15H2,1H3,(H,33,34,35). The number of hydrogen-bond donors (Lipinski definition) is 1. The minimum atomic E-state index is -0.475. The number of nitrogens with one attached hydrogen (secondary N) is 1. The zero-order chi connectivity index (χ0) is 27.8. The summed E-state index contributed by atoms with van der Waals surface area (Å²) in [7, 11) is 2.14. The second-order valence-electron chi connectivity index (χ2n) is 9.40. The van der Waals surface area contributed by atoms with Crippen molar-refractivity contribution in [2.24, 2.45) is 0 Å². The van der Waals surface area contributed by atoms with Crippen LogP contribution in [0.4, 0.5) is 17.3 Å². The van der Waals surface area contributed by atoms with Crippen LogP contribution in [0.2, 0.25) is 15.2 Å². The molecule has 0 radical (unpaired) electrons. The Morgan fingerprint density at radius 1 is 0.875 bits per heavy atom. The third kappa shape index (κ3) is 5.09. The number of fused-ring (bicyclic) bond motifs is 1. The number of anilines is 3. The highest BCUT2D eigenvalue weighted by atomic mass is 35.5. The van der Waals surface area contributed by atoms with Crippen molar-refractivity contribution in [3.63, 3.8) is 0 Å². The Labute approximate surface area is 245 Å². The van der Waals surface area contributed by atoms with E-state index in [0.717, 1.165) is 42.2 Å². The molecule has 3 aromatic heterocycles. The molecule has 202 valence electrons. The Bertz CT molecular complexity index is 1750. The molecule has 1 fully saturated rings. The molecule has 1 aliphatic rings. The molecule has 40 heavy (non-hydrogen) atoms. The van der Waals surface area contributed by atoms with Crippen LogP contribution in [0.1, 0.15) is 0 Å². The summed E-state index contributed by atoms with van der Waals surface area (Å²) in [5, 5.41) is 8.82. The molecule has 0 unspecified atom stereocenters. The maximum atomic E-state index is 13.6. The number of benzene rings is 2. The van der Waals surface area contributed by atoms with Crippen molar-refractivity contribution in [3.8, 4) is 16.9 Å². The van der Waals surface area contributed by atoms with Crippen molar-refractivity contribution in [2.75, 3.05) is 43.4 Å². The van der Waals surface area contributed by atoms with Gasteiger partial charge in [0.25, 0.3) is 5.56 Å². The molecule has 0 spiro atoms. The zero-order valence-corrected chi connectivity index (χ0v) is 23.6. The number of aromatic nitrogens is 5. The lowest BCUT2D eigenvalue weighted by atomic mass is 10.1. The van der Waals surface area contributed by atoms with Gasteiger partial charge in [-0.1, -0.05) is 40.9 Å². The summed E-state index contributed by atoms with van der Waals surface area (Å²) in [6, 6.07) is 16.6. The van der Waals surface area contributed by atoms with Gasteiger partial charge in [0.05, 0.1) is 15.4 Å². The minimum absolute atomic E-state index is 0.208. The average Bonchev–Trinajstić information content (AvgIpc) is 2.95. The number of rotatable bonds is 5. The lowest BCUT2D eigenvalue weighted by Crippen LogP contribution is -2.44. The van der Waals surface area contributed by atoms with E-state index in [2.05, 4.69) is 54.3 Å². The summed E-state index contributed by atoms with van der Waals surface area (Å²) in [4.78, 5) is 31.6. The first-order valence-electron chi connectivity index (χ1n) is 12.5. The quantitative estimate of drug-likeness (QED) is 0.260. The van der Waals surface area contributed by atoms with Crippen molar-refractivity contribution in [3.05, 3.63) is 92.5 Å². The van der Waals surface area contributed by atoms with E-state index in [9.17, 15) is 4.79 Å². The molecular formula is C28H23Cl3N8O. The molecule has 1 saturated heterocycles. The zero-order valence-electron chi connectivity index (χ0n) is 21.4. The molecule has 1 aliphatic heterocycles. The Hall–Kier alpha value is -3.76. The molecule has 9 nitrogen and oxygen atoms in total. The van der Waals surface area contributed by atoms with Gasteiger partial charge >= 0.3 is 0 Å². The first-order chi connectivity index (χ1) is 19.4. The highest BCUT2D eigenvalue weighted by Crippen LogP contribution is 2.32. The van der Waals surface area contributed by atoms with Gasteiger partial charge in [-0.3, -0.25) is 4.79 Å². The van der Waals surface area contributed by atoms with Gasteiger partial charge < -0.3 is 15.1 Å². The minimum Gasteiger partial charge on any atom is -0.369 e. The molecule has 0 aliphatic carbocycles. The van der Waals surface area contributed by atoms with Crippen molar-refractivity contribution >= 4 is 63.0 Å². The van der Waals surface area contributed by atoms with Crippen LogP contribution in [0.15, 0.2) is 71.8 Å². The fourth-order valence-electron chi connectivity index (χ4n) is 4.62. The van der Waals surface area contributed by atoms with E-state index in [0.29, 0.717) is 22.7 Å². The second-order valence-corrected chi connectivity index (χ2v) is 10.6. The van der Waals surface area contributed by atoms with Gasteiger partial charge in [0.2, 0.25) is 5.95 Å². The van der Waals surface area contributed by atoms with E-state index in [-0.39, 0.29) is 26.3 Å². The summed E-state index contributed by atoms with van der Waals surface area (Å²) in [5.74, 6) is 0.302. The summed E-state index contributed by atoms with van der Waals surface area (Å²) < 4.78 is 1.15. The number of nitrogens with zero attached hydrogens (tertiary/aromatic N) is 7. The molecule has 0 saturated carbocycles. The fraction of sp³-hybridized carbons (Fsp3) is 0.179. The molecule has 0 atom stereocenters. The van der Waals surface area contributed by atoms with Crippen molar-refractivity contribution in [1.82, 2.24) is 29.6 Å². The number of para-hydroxylation sites is 1. The summed E-state index contributed by atoms with van der Waals surface area (Å²) >= 11 is 19.3. The van der Waals surface area contributed by atoms with Crippen LogP contribution in [-0.4, -0.2) is 62.9 Å². The van der Waals surface area contributed by atoms with Gasteiger partial charge in [-0.15, -0.1) is 0 Å². The second kappa shape index (κ2) is 11.0. The van der Waals surface area contributed by atoms with Gasteiger partial charge in [-0.05, 0) is 55.6 Å². The van der Waals surface area contributed by atoms with Crippen molar-refractivity contribution in [2.45, 2.75) is 0 Å². The number of hydrogen-bond acceptors (Lipinski definition) is 8. The molecule has 1 N–H and O–H groups in total. The third-order valence-corrected chi connectivity index (χ3v) is 7.70. The molecule has 6 rings (SSSR count). The van der Waals surface area contributed by atoms with Crippen LogP contribution in [0, 0.1) is 0 Å². The SMILES string of the molecule is CN1CCN(c2ccc(Nc3ncc4c(=O)n(-c5c(Cl)cccc5Cl)nc(-c5cccnc5Cl)c4n3)cc2)CC1. The van der Waals surface area contributed by atoms with Gasteiger partial charge in [0.1, 0.15) is 22.1 Å². The topological polar surface area (TPSA) is 92.1 Å². The monoisotopic (exact) mass is 592 g/mol. The molecular weight excluding hydrogens is 571 g/mol. The van der Waals surface area contributed by atoms with Crippen molar-refractivity contribution < 1.29 is 0 Å². The van der Waals surface area contributed by atoms with Crippen molar-refractivity contribution in [1.29, 1.82) is 0 Å². The van der Waals surface area contributed by atoms with Crippen LogP contribution < -0.4 is 15.8 Å². The van der Waals surface area contributed by atoms with Gasteiger partial charge in [0.15, 0.2) is 0 Å². The first-order valence-corrected chi connectivity index (χ1v) is 13.7. The normalized spacial score (nSPS) is 14.1. The number of piperazine rings is 1. The van der Waals surface area contributed by atoms with Gasteiger partial charge in [0, 0.05) is 55.5 Å². The molecule has 12 heteroatoms. The summed E-state index contributed by atoms with van der Waals surface area (Å²) in [6.07, 6.45) is 3.03. The molecule has 0 bridgehead atoms. The largest absolute Gasteiger partial charge is 0.369 e. The fourth-order valence-corrected chi connectivity index (χ4v) is 5.39. The lowest BCUT2D eigenvalue weighted by molar-refractivity contribution is 0.313. The van der Waals surface area contributed by atoms with Gasteiger partial charge in [-0.25, -0.2) is 15.0 Å². The number of pyridine rings is 1. The van der Waals surface area contributed by atoms with Gasteiger partial charge in [-0.2, -0.15) is 9.78 Å².